The van der Waals surface area contributed by atoms with E-state index in [4.69, 9.17) is 9.47 Å². The average Bonchev–Trinajstić information content (AvgIpc) is 3.13. The highest BCUT2D eigenvalue weighted by molar-refractivity contribution is 5.85. The summed E-state index contributed by atoms with van der Waals surface area (Å²) in [6.45, 7) is 5.98. The number of methoxy groups -OCH3 is 1. The monoisotopic (exact) mass is 423 g/mol. The maximum absolute atomic E-state index is 11.6. The van der Waals surface area contributed by atoms with Gasteiger partial charge in [-0.2, -0.15) is 0 Å². The Balaban J connectivity index is 0.00000300. The fraction of sp³-hybridized carbons (Fsp3) is 0.500. The summed E-state index contributed by atoms with van der Waals surface area (Å²) in [5, 5.41) is 6.17. The number of benzene rings is 1. The average molecular weight is 424 g/mol. The number of carbonyl (C=O) groups excluding carboxylic acids is 1. The summed E-state index contributed by atoms with van der Waals surface area (Å²) >= 11 is 0. The third kappa shape index (κ3) is 5.85. The molecule has 0 bridgehead atoms. The van der Waals surface area contributed by atoms with Crippen LogP contribution >= 0.6 is 12.4 Å². The molecule has 1 fully saturated rings. The number of hydrogen-bond donors (Lipinski definition) is 2. The number of piperazine rings is 1. The van der Waals surface area contributed by atoms with Crippen LogP contribution < -0.4 is 20.1 Å². The number of amides is 1. The minimum Gasteiger partial charge on any atom is -0.493 e. The summed E-state index contributed by atoms with van der Waals surface area (Å²) in [6.07, 6.45) is 3.82. The van der Waals surface area contributed by atoms with Crippen molar-refractivity contribution in [2.24, 2.45) is 7.05 Å². The number of aromatic nitrogens is 2. The van der Waals surface area contributed by atoms with Gasteiger partial charge in [-0.15, -0.1) is 12.4 Å². The third-order valence-corrected chi connectivity index (χ3v) is 4.86. The Bertz CT molecular complexity index is 798. The van der Waals surface area contributed by atoms with E-state index in [2.05, 4.69) is 25.1 Å². The molecule has 0 saturated carbocycles. The van der Waals surface area contributed by atoms with Crippen molar-refractivity contribution < 1.29 is 14.3 Å². The Labute approximate surface area is 178 Å². The van der Waals surface area contributed by atoms with Crippen LogP contribution in [0.3, 0.4) is 0 Å². The van der Waals surface area contributed by atoms with Gasteiger partial charge in [-0.25, -0.2) is 4.98 Å². The second-order valence-corrected chi connectivity index (χ2v) is 6.81. The summed E-state index contributed by atoms with van der Waals surface area (Å²) < 4.78 is 13.2. The summed E-state index contributed by atoms with van der Waals surface area (Å²) in [7, 11) is 3.64. The van der Waals surface area contributed by atoms with Crippen molar-refractivity contribution in [2.75, 3.05) is 39.9 Å². The molecule has 0 radical (unpaired) electrons. The molecule has 0 spiro atoms. The standard InChI is InChI=1S/C20H29N5O3.ClH/c1-4-22-19(26)14-28-17-6-5-15(11-18(17)27-3)13-25-10-7-21-12-16(25)20-23-8-9-24(20)2;/h5-6,8-9,11,16,21H,4,7,10,12-14H2,1-3H3,(H,22,26);1H. The largest absolute Gasteiger partial charge is 0.493 e. The summed E-state index contributed by atoms with van der Waals surface area (Å²) in [5.41, 5.74) is 1.13. The van der Waals surface area contributed by atoms with Crippen molar-refractivity contribution in [1.82, 2.24) is 25.1 Å². The number of rotatable bonds is 8. The van der Waals surface area contributed by atoms with E-state index in [1.54, 1.807) is 7.11 Å². The molecule has 2 N–H and O–H groups in total. The lowest BCUT2D eigenvalue weighted by Gasteiger charge is -2.35. The van der Waals surface area contributed by atoms with Gasteiger partial charge < -0.3 is 24.7 Å². The zero-order chi connectivity index (χ0) is 19.9. The van der Waals surface area contributed by atoms with E-state index in [1.807, 2.05) is 44.6 Å². The van der Waals surface area contributed by atoms with Crippen LogP contribution in [0.15, 0.2) is 30.6 Å². The van der Waals surface area contributed by atoms with Crippen molar-refractivity contribution in [3.05, 3.63) is 42.0 Å². The Morgan fingerprint density at radius 3 is 2.90 bits per heavy atom. The van der Waals surface area contributed by atoms with E-state index in [0.29, 0.717) is 18.0 Å². The highest BCUT2D eigenvalue weighted by atomic mass is 35.5. The van der Waals surface area contributed by atoms with Crippen LogP contribution in [0.1, 0.15) is 24.4 Å². The number of carbonyl (C=O) groups is 1. The molecule has 2 aromatic rings. The van der Waals surface area contributed by atoms with Crippen LogP contribution in [-0.2, 0) is 18.4 Å². The lowest BCUT2D eigenvalue weighted by molar-refractivity contribution is -0.123. The zero-order valence-electron chi connectivity index (χ0n) is 17.2. The number of hydrogen-bond acceptors (Lipinski definition) is 6. The van der Waals surface area contributed by atoms with E-state index in [1.165, 1.54) is 0 Å². The summed E-state index contributed by atoms with van der Waals surface area (Å²) in [6, 6.07) is 6.08. The van der Waals surface area contributed by atoms with Gasteiger partial charge in [0.15, 0.2) is 18.1 Å². The molecule has 1 aromatic heterocycles. The number of nitrogens with one attached hydrogen (secondary N) is 2. The van der Waals surface area contributed by atoms with Crippen molar-refractivity contribution >= 4 is 18.3 Å². The van der Waals surface area contributed by atoms with Gasteiger partial charge in [0.05, 0.1) is 13.2 Å². The molecule has 1 unspecified atom stereocenters. The molecular formula is C20H30ClN5O3. The highest BCUT2D eigenvalue weighted by Crippen LogP contribution is 2.30. The summed E-state index contributed by atoms with van der Waals surface area (Å²) in [5.74, 6) is 2.11. The first-order chi connectivity index (χ1) is 13.6. The van der Waals surface area contributed by atoms with Crippen molar-refractivity contribution in [3.8, 4) is 11.5 Å². The number of ether oxygens (including phenoxy) is 2. The number of likely N-dealkylation sites (N-methyl/N-ethyl adjacent to an activating group) is 1. The van der Waals surface area contributed by atoms with Crippen molar-refractivity contribution in [2.45, 2.75) is 19.5 Å². The van der Waals surface area contributed by atoms with Crippen LogP contribution in [0.4, 0.5) is 0 Å². The normalized spacial score (nSPS) is 16.7. The Kier molecular flexibility index (Phi) is 8.75. The van der Waals surface area contributed by atoms with Gasteiger partial charge in [0.2, 0.25) is 0 Å². The second-order valence-electron chi connectivity index (χ2n) is 6.81. The first-order valence-corrected chi connectivity index (χ1v) is 9.60. The van der Waals surface area contributed by atoms with E-state index < -0.39 is 0 Å². The van der Waals surface area contributed by atoms with Gasteiger partial charge in [-0.3, -0.25) is 9.69 Å². The lowest BCUT2D eigenvalue weighted by Crippen LogP contribution is -2.46. The van der Waals surface area contributed by atoms with Gasteiger partial charge >= 0.3 is 0 Å². The first-order valence-electron chi connectivity index (χ1n) is 9.60. The molecule has 8 nitrogen and oxygen atoms in total. The van der Waals surface area contributed by atoms with Crippen LogP contribution in [0.2, 0.25) is 0 Å². The molecule has 0 aliphatic carbocycles. The molecule has 1 aromatic carbocycles. The zero-order valence-corrected chi connectivity index (χ0v) is 18.0. The summed E-state index contributed by atoms with van der Waals surface area (Å²) in [4.78, 5) is 18.6. The van der Waals surface area contributed by atoms with E-state index in [9.17, 15) is 4.79 Å². The predicted molar refractivity (Wildman–Crippen MR) is 114 cm³/mol. The highest BCUT2D eigenvalue weighted by Gasteiger charge is 2.27. The lowest BCUT2D eigenvalue weighted by atomic mass is 10.1. The quantitative estimate of drug-likeness (QED) is 0.670. The van der Waals surface area contributed by atoms with E-state index >= 15 is 0 Å². The molecule has 9 heteroatoms. The number of nitrogens with zero attached hydrogens (tertiary/aromatic N) is 3. The van der Waals surface area contributed by atoms with Gasteiger partial charge in [-0.1, -0.05) is 6.07 Å². The van der Waals surface area contributed by atoms with Crippen molar-refractivity contribution in [1.29, 1.82) is 0 Å². The first kappa shape index (κ1) is 23.0. The molecular weight excluding hydrogens is 394 g/mol. The van der Waals surface area contributed by atoms with E-state index in [0.717, 1.165) is 37.6 Å². The maximum atomic E-state index is 11.6. The topological polar surface area (TPSA) is 80.7 Å². The SMILES string of the molecule is CCNC(=O)COc1ccc(CN2CCNCC2c2nccn2C)cc1OC.Cl. The second kappa shape index (κ2) is 11.0. The molecule has 1 saturated heterocycles. The molecule has 1 atom stereocenters. The van der Waals surface area contributed by atoms with E-state index in [-0.39, 0.29) is 31.0 Å². The fourth-order valence-corrected chi connectivity index (χ4v) is 3.44. The maximum Gasteiger partial charge on any atom is 0.257 e. The van der Waals surface area contributed by atoms with Crippen LogP contribution in [-0.4, -0.2) is 60.3 Å². The van der Waals surface area contributed by atoms with Crippen molar-refractivity contribution in [3.63, 3.8) is 0 Å². The predicted octanol–water partition coefficient (Wildman–Crippen LogP) is 1.51. The molecule has 2 heterocycles. The fourth-order valence-electron chi connectivity index (χ4n) is 3.44. The van der Waals surface area contributed by atoms with Gasteiger partial charge in [0, 0.05) is 52.2 Å². The molecule has 3 rings (SSSR count). The van der Waals surface area contributed by atoms with Crippen LogP contribution in [0.25, 0.3) is 0 Å². The van der Waals surface area contributed by atoms with Crippen LogP contribution in [0.5, 0.6) is 11.5 Å². The smallest absolute Gasteiger partial charge is 0.257 e. The number of imidazole rings is 1. The molecule has 29 heavy (non-hydrogen) atoms. The Morgan fingerprint density at radius 2 is 2.21 bits per heavy atom. The Morgan fingerprint density at radius 1 is 1.38 bits per heavy atom. The van der Waals surface area contributed by atoms with Gasteiger partial charge in [0.25, 0.3) is 5.91 Å². The van der Waals surface area contributed by atoms with Gasteiger partial charge in [-0.05, 0) is 24.6 Å². The number of aryl methyl sites for hydroxylation is 1. The Hall–Kier alpha value is -2.29. The molecule has 1 amide bonds. The molecule has 160 valence electrons. The van der Waals surface area contributed by atoms with Gasteiger partial charge in [0.1, 0.15) is 5.82 Å². The number of halogens is 1. The van der Waals surface area contributed by atoms with Crippen LogP contribution in [0, 0.1) is 0 Å². The minimum absolute atomic E-state index is 0. The third-order valence-electron chi connectivity index (χ3n) is 4.86. The molecule has 1 aliphatic rings. The molecule has 1 aliphatic heterocycles. The minimum atomic E-state index is -0.146.